The van der Waals surface area contributed by atoms with Gasteiger partial charge in [0.05, 0.1) is 5.60 Å². The van der Waals surface area contributed by atoms with Crippen molar-refractivity contribution in [1.29, 1.82) is 0 Å². The summed E-state index contributed by atoms with van der Waals surface area (Å²) in [5, 5.41) is 3.67. The number of ether oxygens (including phenoxy) is 1. The molecule has 1 aromatic rings. The van der Waals surface area contributed by atoms with Crippen LogP contribution in [0.3, 0.4) is 0 Å². The molecule has 0 spiro atoms. The highest BCUT2D eigenvalue weighted by atomic mass is 16.5. The standard InChI is InChI=1S/C17H27NO/c1-17(2,19-3)12-11-15(13-18-16-9-10-16)14-7-5-4-6-8-14/h4-8,15-16,18H,9-13H2,1-3H3. The lowest BCUT2D eigenvalue weighted by Crippen LogP contribution is -2.27. The van der Waals surface area contributed by atoms with Gasteiger partial charge in [0.25, 0.3) is 0 Å². The summed E-state index contributed by atoms with van der Waals surface area (Å²) < 4.78 is 5.54. The van der Waals surface area contributed by atoms with Gasteiger partial charge >= 0.3 is 0 Å². The smallest absolute Gasteiger partial charge is 0.0623 e. The summed E-state index contributed by atoms with van der Waals surface area (Å²) in [6, 6.07) is 11.6. The molecule has 1 fully saturated rings. The van der Waals surface area contributed by atoms with Gasteiger partial charge in [-0.05, 0) is 51.0 Å². The number of rotatable bonds is 8. The predicted octanol–water partition coefficient (Wildman–Crippen LogP) is 3.73. The molecule has 0 saturated heterocycles. The second-order valence-electron chi connectivity index (χ2n) is 6.29. The Morgan fingerprint density at radius 1 is 1.26 bits per heavy atom. The van der Waals surface area contributed by atoms with Crippen molar-refractivity contribution in [3.63, 3.8) is 0 Å². The Bertz CT molecular complexity index is 370. The van der Waals surface area contributed by atoms with E-state index in [0.717, 1.165) is 19.0 Å². The summed E-state index contributed by atoms with van der Waals surface area (Å²) in [7, 11) is 1.81. The van der Waals surface area contributed by atoms with E-state index in [2.05, 4.69) is 49.5 Å². The first-order chi connectivity index (χ1) is 9.11. The summed E-state index contributed by atoms with van der Waals surface area (Å²) in [6.07, 6.45) is 4.97. The van der Waals surface area contributed by atoms with Crippen LogP contribution >= 0.6 is 0 Å². The molecule has 2 heteroatoms. The highest BCUT2D eigenvalue weighted by Gasteiger charge is 2.24. The molecular formula is C17H27NO. The number of hydrogen-bond acceptors (Lipinski definition) is 2. The molecule has 0 amide bonds. The molecule has 2 nitrogen and oxygen atoms in total. The van der Waals surface area contributed by atoms with Crippen molar-refractivity contribution in [3.8, 4) is 0 Å². The molecule has 19 heavy (non-hydrogen) atoms. The van der Waals surface area contributed by atoms with Crippen LogP contribution in [0.15, 0.2) is 30.3 Å². The fourth-order valence-electron chi connectivity index (χ4n) is 2.33. The van der Waals surface area contributed by atoms with Gasteiger partial charge in [0.2, 0.25) is 0 Å². The minimum atomic E-state index is -0.0212. The molecule has 1 aromatic carbocycles. The first-order valence-corrected chi connectivity index (χ1v) is 7.44. The Hall–Kier alpha value is -0.860. The monoisotopic (exact) mass is 261 g/mol. The highest BCUT2D eigenvalue weighted by molar-refractivity contribution is 5.20. The third-order valence-electron chi connectivity index (χ3n) is 4.15. The van der Waals surface area contributed by atoms with Gasteiger partial charge in [-0.2, -0.15) is 0 Å². The van der Waals surface area contributed by atoms with E-state index in [9.17, 15) is 0 Å². The minimum Gasteiger partial charge on any atom is -0.379 e. The fraction of sp³-hybridized carbons (Fsp3) is 0.647. The molecule has 1 aliphatic rings. The molecule has 1 atom stereocenters. The first kappa shape index (κ1) is 14.5. The lowest BCUT2D eigenvalue weighted by atomic mass is 9.89. The Kier molecular flexibility index (Phi) is 5.00. The average molecular weight is 261 g/mol. The Morgan fingerprint density at radius 2 is 1.95 bits per heavy atom. The van der Waals surface area contributed by atoms with E-state index in [-0.39, 0.29) is 5.60 Å². The SMILES string of the molecule is COC(C)(C)CCC(CNC1CC1)c1ccccc1. The number of benzene rings is 1. The van der Waals surface area contributed by atoms with Crippen LogP contribution in [-0.2, 0) is 4.74 Å². The van der Waals surface area contributed by atoms with Gasteiger partial charge in [-0.15, -0.1) is 0 Å². The summed E-state index contributed by atoms with van der Waals surface area (Å²) in [6.45, 7) is 5.43. The van der Waals surface area contributed by atoms with Gasteiger partial charge in [0.1, 0.15) is 0 Å². The maximum absolute atomic E-state index is 5.54. The Labute approximate surface area is 117 Å². The van der Waals surface area contributed by atoms with E-state index in [1.807, 2.05) is 0 Å². The van der Waals surface area contributed by atoms with Gasteiger partial charge in [0.15, 0.2) is 0 Å². The summed E-state index contributed by atoms with van der Waals surface area (Å²) in [5.41, 5.74) is 1.43. The van der Waals surface area contributed by atoms with Crippen LogP contribution in [0.4, 0.5) is 0 Å². The van der Waals surface area contributed by atoms with Crippen molar-refractivity contribution in [2.45, 2.75) is 57.1 Å². The van der Waals surface area contributed by atoms with E-state index < -0.39 is 0 Å². The topological polar surface area (TPSA) is 21.3 Å². The van der Waals surface area contributed by atoms with E-state index in [1.165, 1.54) is 24.8 Å². The molecule has 1 saturated carbocycles. The van der Waals surface area contributed by atoms with Crippen LogP contribution in [0.1, 0.15) is 51.0 Å². The number of hydrogen-bond donors (Lipinski definition) is 1. The van der Waals surface area contributed by atoms with Crippen LogP contribution in [-0.4, -0.2) is 25.3 Å². The maximum atomic E-state index is 5.54. The van der Waals surface area contributed by atoms with Crippen LogP contribution in [0.5, 0.6) is 0 Å². The van der Waals surface area contributed by atoms with Crippen LogP contribution in [0.2, 0.25) is 0 Å². The van der Waals surface area contributed by atoms with Gasteiger partial charge in [-0.1, -0.05) is 30.3 Å². The molecule has 2 rings (SSSR count). The molecule has 0 aromatic heterocycles. The van der Waals surface area contributed by atoms with Gasteiger partial charge in [-0.3, -0.25) is 0 Å². The van der Waals surface area contributed by atoms with Crippen molar-refractivity contribution >= 4 is 0 Å². The van der Waals surface area contributed by atoms with E-state index in [0.29, 0.717) is 5.92 Å². The zero-order valence-electron chi connectivity index (χ0n) is 12.5. The summed E-state index contributed by atoms with van der Waals surface area (Å²) in [5.74, 6) is 0.594. The molecule has 0 aliphatic heterocycles. The van der Waals surface area contributed by atoms with E-state index in [4.69, 9.17) is 4.74 Å². The van der Waals surface area contributed by atoms with Gasteiger partial charge in [0, 0.05) is 19.7 Å². The van der Waals surface area contributed by atoms with Crippen molar-refractivity contribution in [3.05, 3.63) is 35.9 Å². The predicted molar refractivity (Wildman–Crippen MR) is 80.5 cm³/mol. The summed E-state index contributed by atoms with van der Waals surface area (Å²) in [4.78, 5) is 0. The first-order valence-electron chi connectivity index (χ1n) is 7.44. The normalized spacial score (nSPS) is 17.4. The van der Waals surface area contributed by atoms with Crippen molar-refractivity contribution < 1.29 is 4.74 Å². The largest absolute Gasteiger partial charge is 0.379 e. The fourth-order valence-corrected chi connectivity index (χ4v) is 2.33. The van der Waals surface area contributed by atoms with Crippen LogP contribution < -0.4 is 5.32 Å². The molecule has 1 unspecified atom stereocenters. The molecule has 106 valence electrons. The lowest BCUT2D eigenvalue weighted by Gasteiger charge is -2.26. The third kappa shape index (κ3) is 4.96. The van der Waals surface area contributed by atoms with E-state index >= 15 is 0 Å². The molecule has 1 aliphatic carbocycles. The van der Waals surface area contributed by atoms with Crippen molar-refractivity contribution in [1.82, 2.24) is 5.32 Å². The minimum absolute atomic E-state index is 0.0212. The number of nitrogens with one attached hydrogen (secondary N) is 1. The Balaban J connectivity index is 1.93. The summed E-state index contributed by atoms with van der Waals surface area (Å²) >= 11 is 0. The second-order valence-corrected chi connectivity index (χ2v) is 6.29. The molecule has 0 bridgehead atoms. The Morgan fingerprint density at radius 3 is 2.53 bits per heavy atom. The van der Waals surface area contributed by atoms with Gasteiger partial charge in [-0.25, -0.2) is 0 Å². The quantitative estimate of drug-likeness (QED) is 0.770. The zero-order valence-corrected chi connectivity index (χ0v) is 12.5. The van der Waals surface area contributed by atoms with Crippen molar-refractivity contribution in [2.24, 2.45) is 0 Å². The van der Waals surface area contributed by atoms with Crippen molar-refractivity contribution in [2.75, 3.05) is 13.7 Å². The molecule has 0 radical (unpaired) electrons. The highest BCUT2D eigenvalue weighted by Crippen LogP contribution is 2.27. The second kappa shape index (κ2) is 6.53. The average Bonchev–Trinajstić information content (AvgIpc) is 3.24. The van der Waals surface area contributed by atoms with Crippen LogP contribution in [0, 0.1) is 0 Å². The van der Waals surface area contributed by atoms with Crippen LogP contribution in [0.25, 0.3) is 0 Å². The third-order valence-corrected chi connectivity index (χ3v) is 4.15. The number of methoxy groups -OCH3 is 1. The lowest BCUT2D eigenvalue weighted by molar-refractivity contribution is 0.0124. The molecular weight excluding hydrogens is 234 g/mol. The van der Waals surface area contributed by atoms with E-state index in [1.54, 1.807) is 7.11 Å². The molecule has 0 heterocycles. The molecule has 1 N–H and O–H groups in total. The van der Waals surface area contributed by atoms with Gasteiger partial charge < -0.3 is 10.1 Å². The zero-order chi connectivity index (χ0) is 13.7. The maximum Gasteiger partial charge on any atom is 0.0623 e.